The maximum Gasteiger partial charge on any atom is 0.0771 e. The van der Waals surface area contributed by atoms with Gasteiger partial charge in [0.05, 0.1) is 11.0 Å². The normalized spacial score (nSPS) is 31.4. The van der Waals surface area contributed by atoms with Gasteiger partial charge in [-0.15, -0.1) is 6.42 Å². The smallest absolute Gasteiger partial charge is 0.0771 e. The zero-order chi connectivity index (χ0) is 17.4. The maximum absolute atomic E-state index is 10.9. The van der Waals surface area contributed by atoms with E-state index in [9.17, 15) is 5.11 Å². The second-order valence-corrected chi connectivity index (χ2v) is 7.70. The van der Waals surface area contributed by atoms with Crippen molar-refractivity contribution in [1.82, 2.24) is 10.3 Å². The van der Waals surface area contributed by atoms with E-state index in [0.717, 1.165) is 30.5 Å². The minimum atomic E-state index is -0.668. The molecule has 0 saturated heterocycles. The fraction of sp³-hybridized carbons (Fsp3) is 0.524. The van der Waals surface area contributed by atoms with E-state index in [0.29, 0.717) is 19.0 Å². The van der Waals surface area contributed by atoms with Crippen LogP contribution in [0.2, 0.25) is 0 Å². The van der Waals surface area contributed by atoms with Gasteiger partial charge in [-0.1, -0.05) is 38.0 Å². The molecule has 0 saturated carbocycles. The number of hydrogen-bond acceptors (Lipinski definition) is 2. The number of aromatic nitrogens is 1. The zero-order valence-corrected chi connectivity index (χ0v) is 14.9. The topological polar surface area (TPSA) is 48.0 Å². The second-order valence-electron chi connectivity index (χ2n) is 7.70. The highest BCUT2D eigenvalue weighted by atomic mass is 16.3. The van der Waals surface area contributed by atoms with E-state index in [-0.39, 0.29) is 5.41 Å². The lowest BCUT2D eigenvalue weighted by Gasteiger charge is -2.35. The highest BCUT2D eigenvalue weighted by Gasteiger charge is 2.36. The van der Waals surface area contributed by atoms with Gasteiger partial charge >= 0.3 is 0 Å². The van der Waals surface area contributed by atoms with Gasteiger partial charge in [-0.05, 0) is 43.7 Å². The standard InChI is InChI=1S/C21H28N2O/c1-5-20(4)11-15(3)12-21(24,6-2)14-22-13-17-16-9-7-8-10-18(16)23-19(17)20/h1,7-10,15,22-24H,6,11-14H2,2-4H3/t15-,20-,21-/m0/s1. The minimum Gasteiger partial charge on any atom is -0.389 e. The molecule has 1 aliphatic rings. The number of fused-ring (bicyclic) bond motifs is 3. The van der Waals surface area contributed by atoms with Crippen LogP contribution in [0.3, 0.4) is 0 Å². The summed E-state index contributed by atoms with van der Waals surface area (Å²) in [7, 11) is 0. The van der Waals surface area contributed by atoms with Crippen LogP contribution >= 0.6 is 0 Å². The Hall–Kier alpha value is -1.76. The summed E-state index contributed by atoms with van der Waals surface area (Å²) in [4.78, 5) is 3.58. The third kappa shape index (κ3) is 2.97. The minimum absolute atomic E-state index is 0.343. The molecule has 1 aliphatic heterocycles. The maximum atomic E-state index is 10.9. The molecule has 0 radical (unpaired) electrons. The first kappa shape index (κ1) is 17.1. The number of aliphatic hydroxyl groups is 1. The summed E-state index contributed by atoms with van der Waals surface area (Å²) in [5, 5.41) is 15.6. The van der Waals surface area contributed by atoms with E-state index < -0.39 is 5.60 Å². The van der Waals surface area contributed by atoms with Gasteiger partial charge in [-0.25, -0.2) is 0 Å². The van der Waals surface area contributed by atoms with Crippen molar-refractivity contribution in [3.63, 3.8) is 0 Å². The van der Waals surface area contributed by atoms with Gasteiger partial charge in [-0.2, -0.15) is 0 Å². The van der Waals surface area contributed by atoms with Crippen LogP contribution in [0.1, 0.15) is 51.3 Å². The number of para-hydroxylation sites is 1. The number of benzene rings is 1. The molecule has 0 unspecified atom stereocenters. The van der Waals surface area contributed by atoms with E-state index >= 15 is 0 Å². The van der Waals surface area contributed by atoms with Crippen molar-refractivity contribution in [3.8, 4) is 12.3 Å². The number of hydrogen-bond donors (Lipinski definition) is 3. The molecule has 0 aliphatic carbocycles. The molecule has 3 N–H and O–H groups in total. The van der Waals surface area contributed by atoms with Gasteiger partial charge in [0.1, 0.15) is 0 Å². The van der Waals surface area contributed by atoms with Crippen LogP contribution < -0.4 is 5.32 Å². The zero-order valence-electron chi connectivity index (χ0n) is 14.9. The Kier molecular flexibility index (Phi) is 4.46. The first-order valence-corrected chi connectivity index (χ1v) is 8.92. The Bertz CT molecular complexity index is 772. The first-order valence-electron chi connectivity index (χ1n) is 8.92. The molecular weight excluding hydrogens is 296 g/mol. The van der Waals surface area contributed by atoms with Crippen LogP contribution in [0.4, 0.5) is 0 Å². The summed E-state index contributed by atoms with van der Waals surface area (Å²) >= 11 is 0. The van der Waals surface area contributed by atoms with Gasteiger partial charge in [0.15, 0.2) is 0 Å². The third-order valence-corrected chi connectivity index (χ3v) is 5.58. The molecule has 0 bridgehead atoms. The Morgan fingerprint density at radius 1 is 1.33 bits per heavy atom. The molecule has 2 heterocycles. The number of nitrogens with one attached hydrogen (secondary N) is 2. The van der Waals surface area contributed by atoms with Crippen molar-refractivity contribution < 1.29 is 5.11 Å². The Morgan fingerprint density at radius 3 is 2.79 bits per heavy atom. The highest BCUT2D eigenvalue weighted by molar-refractivity contribution is 5.85. The molecule has 3 heteroatoms. The van der Waals surface area contributed by atoms with Crippen LogP contribution in [0, 0.1) is 18.3 Å². The lowest BCUT2D eigenvalue weighted by Crippen LogP contribution is -2.43. The van der Waals surface area contributed by atoms with E-state index in [1.54, 1.807) is 0 Å². The fourth-order valence-electron chi connectivity index (χ4n) is 4.27. The van der Waals surface area contributed by atoms with E-state index in [1.165, 1.54) is 10.9 Å². The fourth-order valence-corrected chi connectivity index (χ4v) is 4.27. The lowest BCUT2D eigenvalue weighted by molar-refractivity contribution is 0.0106. The Labute approximate surface area is 144 Å². The molecule has 0 fully saturated rings. The summed E-state index contributed by atoms with van der Waals surface area (Å²) in [6, 6.07) is 8.35. The summed E-state index contributed by atoms with van der Waals surface area (Å²) < 4.78 is 0. The summed E-state index contributed by atoms with van der Waals surface area (Å²) in [5.41, 5.74) is 2.48. The molecular formula is C21H28N2O. The van der Waals surface area contributed by atoms with Crippen molar-refractivity contribution in [3.05, 3.63) is 35.5 Å². The first-order chi connectivity index (χ1) is 11.4. The average molecular weight is 324 g/mol. The van der Waals surface area contributed by atoms with E-state index in [1.807, 2.05) is 6.07 Å². The number of terminal acetylenes is 1. The van der Waals surface area contributed by atoms with Crippen molar-refractivity contribution in [2.45, 2.75) is 57.6 Å². The molecule has 2 aromatic rings. The predicted molar refractivity (Wildman–Crippen MR) is 99.8 cm³/mol. The monoisotopic (exact) mass is 324 g/mol. The molecule has 1 aromatic carbocycles. The van der Waals surface area contributed by atoms with Gasteiger partial charge in [0.2, 0.25) is 0 Å². The van der Waals surface area contributed by atoms with E-state index in [2.05, 4.69) is 55.2 Å². The van der Waals surface area contributed by atoms with Crippen molar-refractivity contribution in [1.29, 1.82) is 0 Å². The number of aromatic amines is 1. The van der Waals surface area contributed by atoms with E-state index in [4.69, 9.17) is 6.42 Å². The second kappa shape index (κ2) is 6.27. The summed E-state index contributed by atoms with van der Waals surface area (Å²) in [6.45, 7) is 7.72. The van der Waals surface area contributed by atoms with Crippen LogP contribution in [0.5, 0.6) is 0 Å². The Morgan fingerprint density at radius 2 is 2.08 bits per heavy atom. The molecule has 24 heavy (non-hydrogen) atoms. The molecule has 0 spiro atoms. The van der Waals surface area contributed by atoms with Crippen molar-refractivity contribution in [2.75, 3.05) is 6.54 Å². The molecule has 0 amide bonds. The molecule has 3 rings (SSSR count). The van der Waals surface area contributed by atoms with Gasteiger partial charge in [0.25, 0.3) is 0 Å². The van der Waals surface area contributed by atoms with Crippen molar-refractivity contribution in [2.24, 2.45) is 5.92 Å². The largest absolute Gasteiger partial charge is 0.389 e. The van der Waals surface area contributed by atoms with Crippen LogP contribution in [-0.4, -0.2) is 22.2 Å². The predicted octanol–water partition coefficient (Wildman–Crippen LogP) is 3.72. The third-order valence-electron chi connectivity index (χ3n) is 5.58. The van der Waals surface area contributed by atoms with Gasteiger partial charge in [0, 0.05) is 29.7 Å². The molecule has 3 nitrogen and oxygen atoms in total. The van der Waals surface area contributed by atoms with Crippen LogP contribution in [0.25, 0.3) is 10.9 Å². The molecule has 1 aromatic heterocycles. The number of β-amino-alcohol motifs (C(OH)–C–C–N with tert-alkyl or cyclic N) is 1. The van der Waals surface area contributed by atoms with Crippen LogP contribution in [0.15, 0.2) is 24.3 Å². The Balaban J connectivity index is 2.13. The number of rotatable bonds is 1. The molecule has 3 atom stereocenters. The SMILES string of the molecule is C#C[C@@]1(C)C[C@H](C)C[C@@](O)(CC)CNCc2c1[nH]c1ccccc21. The highest BCUT2D eigenvalue weighted by Crippen LogP contribution is 2.38. The molecule has 128 valence electrons. The van der Waals surface area contributed by atoms with Crippen LogP contribution in [-0.2, 0) is 12.0 Å². The van der Waals surface area contributed by atoms with Gasteiger partial charge in [-0.3, -0.25) is 0 Å². The quantitative estimate of drug-likeness (QED) is 0.700. The average Bonchev–Trinajstić information content (AvgIpc) is 2.93. The number of H-pyrrole nitrogens is 1. The lowest BCUT2D eigenvalue weighted by atomic mass is 9.74. The summed E-state index contributed by atoms with van der Waals surface area (Å²) in [5.74, 6) is 3.39. The summed E-state index contributed by atoms with van der Waals surface area (Å²) in [6.07, 6.45) is 8.38. The van der Waals surface area contributed by atoms with Gasteiger partial charge < -0.3 is 15.4 Å². The van der Waals surface area contributed by atoms with Crippen molar-refractivity contribution >= 4 is 10.9 Å².